The fraction of sp³-hybridized carbons (Fsp3) is 1.00. The van der Waals surface area contributed by atoms with Gasteiger partial charge in [0.2, 0.25) is 0 Å². The van der Waals surface area contributed by atoms with E-state index >= 15 is 0 Å². The summed E-state index contributed by atoms with van der Waals surface area (Å²) in [5, 5.41) is 15.6. The highest BCUT2D eigenvalue weighted by molar-refractivity contribution is 4.73. The molecule has 3 nitrogen and oxygen atoms in total. The predicted molar refractivity (Wildman–Crippen MR) is 47.7 cm³/mol. The van der Waals surface area contributed by atoms with Crippen molar-refractivity contribution in [3.63, 3.8) is 0 Å². The Kier molecular flexibility index (Phi) is 5.46. The molecule has 0 aromatic carbocycles. The zero-order valence-electron chi connectivity index (χ0n) is 7.89. The lowest BCUT2D eigenvalue weighted by Crippen LogP contribution is -2.39. The van der Waals surface area contributed by atoms with Gasteiger partial charge in [-0.2, -0.15) is 0 Å². The number of rotatable bonds is 5. The van der Waals surface area contributed by atoms with Crippen molar-refractivity contribution in [2.45, 2.75) is 38.5 Å². The Bertz CT molecular complexity index is 98.1. The maximum absolute atomic E-state index is 9.52. The van der Waals surface area contributed by atoms with E-state index < -0.39 is 0 Å². The Balaban J connectivity index is 3.58. The summed E-state index contributed by atoms with van der Waals surface area (Å²) >= 11 is 0. The summed E-state index contributed by atoms with van der Waals surface area (Å²) in [6, 6.07) is 0.548. The van der Waals surface area contributed by atoms with Gasteiger partial charge in [-0.05, 0) is 34.4 Å². The summed E-state index contributed by atoms with van der Waals surface area (Å²) in [6.07, 6.45) is 0.529. The topological polar surface area (TPSA) is 44.3 Å². The van der Waals surface area contributed by atoms with E-state index in [0.717, 1.165) is 6.42 Å². The molecule has 0 saturated heterocycles. The molecule has 0 aliphatic heterocycles. The fourth-order valence-corrected chi connectivity index (χ4v) is 0.877. The molecule has 0 rings (SSSR count). The van der Waals surface area contributed by atoms with Gasteiger partial charge in [0.1, 0.15) is 0 Å². The molecule has 0 heterocycles. The van der Waals surface area contributed by atoms with E-state index in [9.17, 15) is 5.11 Å². The van der Waals surface area contributed by atoms with Gasteiger partial charge in [-0.1, -0.05) is 0 Å². The van der Waals surface area contributed by atoms with E-state index in [4.69, 9.17) is 0 Å². The van der Waals surface area contributed by atoms with Crippen molar-refractivity contribution in [3.8, 4) is 0 Å². The molecule has 0 aliphatic rings. The van der Waals surface area contributed by atoms with Gasteiger partial charge in [0.05, 0.1) is 6.10 Å². The largest absolute Gasteiger partial charge is 0.391 e. The first-order valence-corrected chi connectivity index (χ1v) is 4.14. The second-order valence-corrected chi connectivity index (χ2v) is 3.07. The van der Waals surface area contributed by atoms with Crippen LogP contribution in [-0.2, 0) is 0 Å². The van der Waals surface area contributed by atoms with Crippen molar-refractivity contribution < 1.29 is 5.11 Å². The first-order chi connectivity index (χ1) is 5.11. The molecule has 0 amide bonds. The second kappa shape index (κ2) is 5.52. The van der Waals surface area contributed by atoms with Crippen molar-refractivity contribution in [1.29, 1.82) is 0 Å². The van der Waals surface area contributed by atoms with Gasteiger partial charge in [-0.25, -0.2) is 0 Å². The highest BCUT2D eigenvalue weighted by Gasteiger charge is 2.14. The van der Waals surface area contributed by atoms with Crippen LogP contribution in [0.5, 0.6) is 0 Å². The Morgan fingerprint density at radius 2 is 1.73 bits per heavy atom. The highest BCUT2D eigenvalue weighted by atomic mass is 16.3. The van der Waals surface area contributed by atoms with Crippen LogP contribution in [0.2, 0.25) is 0 Å². The summed E-state index contributed by atoms with van der Waals surface area (Å²) in [6.45, 7) is 4.04. The molecule has 3 heteroatoms. The van der Waals surface area contributed by atoms with Crippen LogP contribution in [0, 0.1) is 0 Å². The van der Waals surface area contributed by atoms with Crippen LogP contribution in [0.15, 0.2) is 0 Å². The van der Waals surface area contributed by atoms with Crippen LogP contribution >= 0.6 is 0 Å². The van der Waals surface area contributed by atoms with E-state index in [-0.39, 0.29) is 12.1 Å². The van der Waals surface area contributed by atoms with Crippen LogP contribution in [-0.4, -0.2) is 37.4 Å². The molecular formula is C8H20N2O. The number of nitrogens with one attached hydrogen (secondary N) is 2. The molecule has 0 spiro atoms. The molecule has 0 aromatic heterocycles. The van der Waals surface area contributed by atoms with Gasteiger partial charge in [-0.15, -0.1) is 0 Å². The Labute approximate surface area is 69.2 Å². The van der Waals surface area contributed by atoms with Crippen molar-refractivity contribution in [2.24, 2.45) is 0 Å². The lowest BCUT2D eigenvalue weighted by molar-refractivity contribution is 0.119. The third-order valence-corrected chi connectivity index (χ3v) is 2.12. The van der Waals surface area contributed by atoms with Crippen LogP contribution in [0.3, 0.4) is 0 Å². The van der Waals surface area contributed by atoms with Gasteiger partial charge < -0.3 is 15.7 Å². The zero-order chi connectivity index (χ0) is 8.85. The average molecular weight is 160 g/mol. The maximum Gasteiger partial charge on any atom is 0.0705 e. The second-order valence-electron chi connectivity index (χ2n) is 3.07. The molecule has 0 aliphatic carbocycles. The quantitative estimate of drug-likeness (QED) is 0.528. The third-order valence-electron chi connectivity index (χ3n) is 2.12. The molecule has 68 valence electrons. The number of hydrogen-bond acceptors (Lipinski definition) is 3. The van der Waals surface area contributed by atoms with Gasteiger partial charge in [0.25, 0.3) is 0 Å². The summed E-state index contributed by atoms with van der Waals surface area (Å²) in [7, 11) is 3.76. The van der Waals surface area contributed by atoms with Crippen molar-refractivity contribution in [3.05, 3.63) is 0 Å². The third kappa shape index (κ3) is 4.35. The monoisotopic (exact) mass is 160 g/mol. The standard InChI is InChI=1S/C8H20N2O/c1-6(9-3)5-8(11)7(2)10-4/h6-11H,5H2,1-4H3. The SMILES string of the molecule is CNC(C)CC(O)C(C)NC. The molecule has 3 atom stereocenters. The van der Waals surface area contributed by atoms with Gasteiger partial charge >= 0.3 is 0 Å². The molecule has 11 heavy (non-hydrogen) atoms. The fourth-order valence-electron chi connectivity index (χ4n) is 0.877. The van der Waals surface area contributed by atoms with Crippen LogP contribution in [0.1, 0.15) is 20.3 Å². The van der Waals surface area contributed by atoms with Gasteiger partial charge in [-0.3, -0.25) is 0 Å². The van der Waals surface area contributed by atoms with Gasteiger partial charge in [0, 0.05) is 12.1 Å². The van der Waals surface area contributed by atoms with Crippen LogP contribution in [0.25, 0.3) is 0 Å². The van der Waals surface area contributed by atoms with Crippen LogP contribution < -0.4 is 10.6 Å². The first-order valence-electron chi connectivity index (χ1n) is 4.14. The number of hydrogen-bond donors (Lipinski definition) is 3. The molecule has 0 saturated carbocycles. The van der Waals surface area contributed by atoms with Crippen molar-refractivity contribution in [1.82, 2.24) is 10.6 Å². The summed E-state index contributed by atoms with van der Waals surface area (Å²) in [5.41, 5.74) is 0. The van der Waals surface area contributed by atoms with Gasteiger partial charge in [0.15, 0.2) is 0 Å². The lowest BCUT2D eigenvalue weighted by Gasteiger charge is -2.21. The number of aliphatic hydroxyl groups excluding tert-OH is 1. The summed E-state index contributed by atoms with van der Waals surface area (Å²) in [4.78, 5) is 0. The number of aliphatic hydroxyl groups is 1. The first kappa shape index (κ1) is 10.9. The minimum absolute atomic E-state index is 0.172. The van der Waals surface area contributed by atoms with Crippen molar-refractivity contribution >= 4 is 0 Å². The minimum atomic E-state index is -0.262. The lowest BCUT2D eigenvalue weighted by atomic mass is 10.1. The van der Waals surface area contributed by atoms with Crippen molar-refractivity contribution in [2.75, 3.05) is 14.1 Å². The number of likely N-dealkylation sites (N-methyl/N-ethyl adjacent to an activating group) is 1. The Morgan fingerprint density at radius 1 is 1.18 bits per heavy atom. The van der Waals surface area contributed by atoms with E-state index in [0.29, 0.717) is 6.04 Å². The molecule has 3 unspecified atom stereocenters. The average Bonchev–Trinajstić information content (AvgIpc) is 2.02. The van der Waals surface area contributed by atoms with E-state index in [2.05, 4.69) is 17.6 Å². The molecule has 0 aromatic rings. The molecule has 0 bridgehead atoms. The Morgan fingerprint density at radius 3 is 2.09 bits per heavy atom. The van der Waals surface area contributed by atoms with Crippen LogP contribution in [0.4, 0.5) is 0 Å². The molecule has 3 N–H and O–H groups in total. The maximum atomic E-state index is 9.52. The Hall–Kier alpha value is -0.120. The molecular weight excluding hydrogens is 140 g/mol. The minimum Gasteiger partial charge on any atom is -0.391 e. The normalized spacial score (nSPS) is 19.4. The molecule has 0 fully saturated rings. The highest BCUT2D eigenvalue weighted by Crippen LogP contribution is 2.01. The predicted octanol–water partition coefficient (Wildman–Crippen LogP) is -0.0468. The summed E-state index contributed by atoms with van der Waals surface area (Å²) < 4.78 is 0. The van der Waals surface area contributed by atoms with E-state index in [1.54, 1.807) is 0 Å². The van der Waals surface area contributed by atoms with E-state index in [1.165, 1.54) is 0 Å². The molecule has 0 radical (unpaired) electrons. The smallest absolute Gasteiger partial charge is 0.0705 e. The summed E-state index contributed by atoms with van der Waals surface area (Å²) in [5.74, 6) is 0. The zero-order valence-corrected chi connectivity index (χ0v) is 7.89. The van der Waals surface area contributed by atoms with E-state index in [1.807, 2.05) is 21.0 Å².